The Morgan fingerprint density at radius 2 is 1.83 bits per heavy atom. The normalized spacial score (nSPS) is 14.7. The van der Waals surface area contributed by atoms with E-state index < -0.39 is 0 Å². The molecule has 1 fully saturated rings. The number of thiazole rings is 1. The van der Waals surface area contributed by atoms with Crippen LogP contribution in [0.4, 0.5) is 5.13 Å². The highest BCUT2D eigenvalue weighted by molar-refractivity contribution is 7.22. The van der Waals surface area contributed by atoms with Gasteiger partial charge >= 0.3 is 0 Å². The van der Waals surface area contributed by atoms with Crippen molar-refractivity contribution in [1.29, 1.82) is 0 Å². The molecule has 1 aliphatic rings. The molecule has 1 aromatic heterocycles. The first-order chi connectivity index (χ1) is 14.5. The molecule has 2 heterocycles. The average molecular weight is 444 g/mol. The fourth-order valence-electron chi connectivity index (χ4n) is 3.37. The van der Waals surface area contributed by atoms with Crippen LogP contribution in [0.1, 0.15) is 27.6 Å². The zero-order valence-electron chi connectivity index (χ0n) is 16.6. The van der Waals surface area contributed by atoms with Gasteiger partial charge in [-0.3, -0.25) is 19.4 Å². The highest BCUT2D eigenvalue weighted by Gasteiger charge is 2.23. The number of aromatic nitrogens is 1. The number of ether oxygens (including phenoxy) is 1. The number of carbonyl (C=O) groups is 2. The lowest BCUT2D eigenvalue weighted by Gasteiger charge is -2.29. The van der Waals surface area contributed by atoms with Crippen LogP contribution in [-0.4, -0.2) is 61.0 Å². The largest absolute Gasteiger partial charge is 0.379 e. The Kier molecular flexibility index (Phi) is 6.43. The van der Waals surface area contributed by atoms with E-state index in [9.17, 15) is 9.59 Å². The van der Waals surface area contributed by atoms with Crippen molar-refractivity contribution in [3.05, 3.63) is 58.6 Å². The Balaban J connectivity index is 1.63. The summed E-state index contributed by atoms with van der Waals surface area (Å²) < 4.78 is 6.36. The van der Waals surface area contributed by atoms with E-state index in [0.717, 1.165) is 24.3 Å². The molecule has 6 nitrogen and oxygen atoms in total. The van der Waals surface area contributed by atoms with Crippen LogP contribution < -0.4 is 4.90 Å². The van der Waals surface area contributed by atoms with Crippen LogP contribution >= 0.6 is 22.9 Å². The second-order valence-electron chi connectivity index (χ2n) is 7.13. The van der Waals surface area contributed by atoms with Crippen LogP contribution in [0.15, 0.2) is 42.5 Å². The molecule has 0 bridgehead atoms. The van der Waals surface area contributed by atoms with E-state index in [0.29, 0.717) is 46.6 Å². The van der Waals surface area contributed by atoms with Crippen molar-refractivity contribution >= 4 is 50.0 Å². The van der Waals surface area contributed by atoms with Crippen molar-refractivity contribution < 1.29 is 14.3 Å². The van der Waals surface area contributed by atoms with Gasteiger partial charge in [-0.2, -0.15) is 0 Å². The number of Topliss-reactive ketones (excluding diaryl/α,β-unsaturated/α-hetero) is 1. The summed E-state index contributed by atoms with van der Waals surface area (Å²) in [7, 11) is 0. The van der Waals surface area contributed by atoms with Gasteiger partial charge in [-0.05, 0) is 31.2 Å². The molecule has 4 rings (SSSR count). The predicted octanol–water partition coefficient (Wildman–Crippen LogP) is 4.13. The number of carbonyl (C=O) groups excluding carboxylic acids is 2. The van der Waals surface area contributed by atoms with Crippen molar-refractivity contribution in [3.63, 3.8) is 0 Å². The Labute approximate surface area is 184 Å². The highest BCUT2D eigenvalue weighted by Crippen LogP contribution is 2.33. The lowest BCUT2D eigenvalue weighted by Crippen LogP contribution is -2.43. The molecule has 2 aromatic carbocycles. The third kappa shape index (κ3) is 4.54. The minimum Gasteiger partial charge on any atom is -0.379 e. The van der Waals surface area contributed by atoms with Gasteiger partial charge in [0, 0.05) is 37.3 Å². The zero-order valence-corrected chi connectivity index (χ0v) is 18.2. The smallest absolute Gasteiger partial charge is 0.260 e. The van der Waals surface area contributed by atoms with Gasteiger partial charge in [-0.25, -0.2) is 4.98 Å². The van der Waals surface area contributed by atoms with E-state index in [-0.39, 0.29) is 11.7 Å². The lowest BCUT2D eigenvalue weighted by molar-refractivity contribution is 0.0391. The van der Waals surface area contributed by atoms with Crippen molar-refractivity contribution in [2.24, 2.45) is 0 Å². The molecule has 1 saturated heterocycles. The van der Waals surface area contributed by atoms with Gasteiger partial charge in [0.1, 0.15) is 5.52 Å². The van der Waals surface area contributed by atoms with E-state index in [2.05, 4.69) is 9.88 Å². The van der Waals surface area contributed by atoms with Gasteiger partial charge in [0.25, 0.3) is 5.91 Å². The monoisotopic (exact) mass is 443 g/mol. The van der Waals surface area contributed by atoms with Crippen LogP contribution in [0.25, 0.3) is 10.2 Å². The number of anilines is 1. The van der Waals surface area contributed by atoms with Crippen LogP contribution in [0, 0.1) is 0 Å². The van der Waals surface area contributed by atoms with E-state index in [1.54, 1.807) is 35.2 Å². The van der Waals surface area contributed by atoms with E-state index >= 15 is 0 Å². The summed E-state index contributed by atoms with van der Waals surface area (Å²) in [6.45, 7) is 5.85. The van der Waals surface area contributed by atoms with Crippen molar-refractivity contribution in [3.8, 4) is 0 Å². The number of fused-ring (bicyclic) bond motifs is 1. The summed E-state index contributed by atoms with van der Waals surface area (Å²) in [6.07, 6.45) is 0. The summed E-state index contributed by atoms with van der Waals surface area (Å²) in [6, 6.07) is 12.4. The second-order valence-corrected chi connectivity index (χ2v) is 8.54. The molecule has 156 valence electrons. The van der Waals surface area contributed by atoms with Crippen molar-refractivity contribution in [1.82, 2.24) is 9.88 Å². The first-order valence-electron chi connectivity index (χ1n) is 9.81. The van der Waals surface area contributed by atoms with Gasteiger partial charge in [-0.15, -0.1) is 0 Å². The van der Waals surface area contributed by atoms with Crippen LogP contribution in [0.3, 0.4) is 0 Å². The lowest BCUT2D eigenvalue weighted by atomic mass is 10.1. The summed E-state index contributed by atoms with van der Waals surface area (Å²) in [5.74, 6) is -0.174. The molecule has 0 saturated carbocycles. The predicted molar refractivity (Wildman–Crippen MR) is 120 cm³/mol. The van der Waals surface area contributed by atoms with Crippen LogP contribution in [-0.2, 0) is 4.74 Å². The molecule has 0 N–H and O–H groups in total. The highest BCUT2D eigenvalue weighted by atomic mass is 35.5. The van der Waals surface area contributed by atoms with Gasteiger partial charge in [-0.1, -0.05) is 41.1 Å². The van der Waals surface area contributed by atoms with E-state index in [1.807, 2.05) is 12.1 Å². The minimum atomic E-state index is -0.145. The number of hydrogen-bond acceptors (Lipinski definition) is 6. The number of rotatable bonds is 6. The number of amides is 1. The summed E-state index contributed by atoms with van der Waals surface area (Å²) in [4.78, 5) is 33.6. The SMILES string of the molecule is CC(=O)c1ccc(C(=O)N(CCN2CCOCC2)c2nc3c(Cl)cccc3s2)cc1. The maximum atomic E-state index is 13.4. The first kappa shape index (κ1) is 20.9. The number of para-hydroxylation sites is 1. The Hall–Kier alpha value is -2.32. The molecule has 1 amide bonds. The zero-order chi connectivity index (χ0) is 21.1. The number of nitrogens with zero attached hydrogens (tertiary/aromatic N) is 3. The quantitative estimate of drug-likeness (QED) is 0.536. The maximum Gasteiger partial charge on any atom is 0.260 e. The van der Waals surface area contributed by atoms with E-state index in [1.165, 1.54) is 18.3 Å². The molecular weight excluding hydrogens is 422 g/mol. The molecule has 8 heteroatoms. The van der Waals surface area contributed by atoms with Gasteiger partial charge in [0.15, 0.2) is 10.9 Å². The molecule has 0 aliphatic carbocycles. The third-order valence-corrected chi connectivity index (χ3v) is 6.47. The first-order valence-corrected chi connectivity index (χ1v) is 11.0. The number of hydrogen-bond donors (Lipinski definition) is 0. The second kappa shape index (κ2) is 9.22. The number of ketones is 1. The molecule has 0 unspecified atom stereocenters. The van der Waals surface area contributed by atoms with Crippen LogP contribution in [0.2, 0.25) is 5.02 Å². The Morgan fingerprint density at radius 3 is 2.50 bits per heavy atom. The van der Waals surface area contributed by atoms with E-state index in [4.69, 9.17) is 16.3 Å². The molecule has 0 spiro atoms. The van der Waals surface area contributed by atoms with Crippen LogP contribution in [0.5, 0.6) is 0 Å². The Bertz CT molecular complexity index is 1060. The standard InChI is InChI=1S/C22H22ClN3O3S/c1-15(27)16-5-7-17(8-6-16)21(28)26(10-9-25-11-13-29-14-12-25)22-24-20-18(23)3-2-4-19(20)30-22/h2-8H,9-14H2,1H3. The summed E-state index contributed by atoms with van der Waals surface area (Å²) in [5, 5.41) is 1.19. The molecule has 0 radical (unpaired) electrons. The number of benzene rings is 2. The van der Waals surface area contributed by atoms with Gasteiger partial charge in [0.2, 0.25) is 0 Å². The summed E-state index contributed by atoms with van der Waals surface area (Å²) in [5.41, 5.74) is 1.81. The molecular formula is C22H22ClN3O3S. The van der Waals surface area contributed by atoms with Crippen molar-refractivity contribution in [2.45, 2.75) is 6.92 Å². The number of halogens is 1. The van der Waals surface area contributed by atoms with Gasteiger partial charge in [0.05, 0.1) is 22.9 Å². The molecule has 30 heavy (non-hydrogen) atoms. The molecule has 0 atom stereocenters. The fraction of sp³-hybridized carbons (Fsp3) is 0.318. The third-order valence-electron chi connectivity index (χ3n) is 5.12. The molecule has 3 aromatic rings. The summed E-state index contributed by atoms with van der Waals surface area (Å²) >= 11 is 7.75. The Morgan fingerprint density at radius 1 is 1.13 bits per heavy atom. The maximum absolute atomic E-state index is 13.4. The molecule has 1 aliphatic heterocycles. The van der Waals surface area contributed by atoms with Gasteiger partial charge < -0.3 is 4.74 Å². The minimum absolute atomic E-state index is 0.0287. The average Bonchev–Trinajstić information content (AvgIpc) is 3.20. The number of morpholine rings is 1. The van der Waals surface area contributed by atoms with Crippen molar-refractivity contribution in [2.75, 3.05) is 44.3 Å². The fourth-order valence-corrected chi connectivity index (χ4v) is 4.66. The topological polar surface area (TPSA) is 62.7 Å².